The molecule has 1 aliphatic carbocycles. The predicted octanol–water partition coefficient (Wildman–Crippen LogP) is 3.30. The van der Waals surface area contributed by atoms with E-state index < -0.39 is 17.8 Å². The van der Waals surface area contributed by atoms with E-state index in [2.05, 4.69) is 5.32 Å². The Morgan fingerprint density at radius 3 is 2.66 bits per heavy atom. The number of carbonyl (C=O) groups is 4. The fourth-order valence-corrected chi connectivity index (χ4v) is 5.76. The molecule has 8 nitrogen and oxygen atoms in total. The van der Waals surface area contributed by atoms with Crippen LogP contribution < -0.4 is 5.32 Å². The van der Waals surface area contributed by atoms with Gasteiger partial charge in [-0.15, -0.1) is 11.3 Å². The number of rotatable bonds is 4. The number of ether oxygens (including phenoxy) is 1. The van der Waals surface area contributed by atoms with Crippen LogP contribution in [0.3, 0.4) is 0 Å². The number of barbiturate groups is 1. The van der Waals surface area contributed by atoms with Crippen LogP contribution in [0.2, 0.25) is 0 Å². The van der Waals surface area contributed by atoms with Gasteiger partial charge in [0.05, 0.1) is 12.2 Å². The van der Waals surface area contributed by atoms with Crippen molar-refractivity contribution in [2.75, 3.05) is 13.7 Å². The number of amides is 4. The van der Waals surface area contributed by atoms with Crippen LogP contribution in [0.1, 0.15) is 57.5 Å². The minimum atomic E-state index is -0.745. The van der Waals surface area contributed by atoms with Crippen molar-refractivity contribution in [3.05, 3.63) is 44.6 Å². The highest BCUT2D eigenvalue weighted by Gasteiger charge is 2.34. The topological polar surface area (TPSA) is 97.7 Å². The van der Waals surface area contributed by atoms with E-state index in [-0.39, 0.29) is 11.5 Å². The number of aryl methyl sites for hydroxylation is 2. The number of aromatic nitrogens is 1. The van der Waals surface area contributed by atoms with Gasteiger partial charge in [0.25, 0.3) is 11.8 Å². The van der Waals surface area contributed by atoms with Crippen LogP contribution in [0.4, 0.5) is 4.79 Å². The molecule has 0 bridgehead atoms. The molecule has 1 N–H and O–H groups in total. The summed E-state index contributed by atoms with van der Waals surface area (Å²) in [5.41, 5.74) is 3.91. The first-order valence-corrected chi connectivity index (χ1v) is 11.4. The molecule has 32 heavy (non-hydrogen) atoms. The molecule has 2 aromatic heterocycles. The smallest absolute Gasteiger partial charge is 0.341 e. The number of hydrogen-bond acceptors (Lipinski definition) is 6. The maximum atomic E-state index is 12.9. The summed E-state index contributed by atoms with van der Waals surface area (Å²) in [4.78, 5) is 51.4. The number of nitrogens with one attached hydrogen (secondary N) is 1. The summed E-state index contributed by atoms with van der Waals surface area (Å²) in [6, 6.07) is 1.12. The van der Waals surface area contributed by atoms with Crippen LogP contribution in [0.25, 0.3) is 11.1 Å². The van der Waals surface area contributed by atoms with Crippen LogP contribution in [0, 0.1) is 13.8 Å². The van der Waals surface area contributed by atoms with Gasteiger partial charge in [0.15, 0.2) is 0 Å². The zero-order valence-electron chi connectivity index (χ0n) is 18.5. The second-order valence-electron chi connectivity index (χ2n) is 7.95. The SMILES string of the molecule is CCOC(=O)c1c(-n2c(C)cc(/C=C3\C(=O)NC(=O)N(C)C3=O)c2C)sc2c1CCCC2. The van der Waals surface area contributed by atoms with Gasteiger partial charge in [-0.1, -0.05) is 0 Å². The molecule has 1 aliphatic heterocycles. The van der Waals surface area contributed by atoms with Gasteiger partial charge in [-0.3, -0.25) is 19.8 Å². The number of urea groups is 1. The number of fused-ring (bicyclic) bond motifs is 1. The van der Waals surface area contributed by atoms with Gasteiger partial charge in [-0.05, 0) is 69.7 Å². The molecule has 0 unspecified atom stereocenters. The van der Waals surface area contributed by atoms with E-state index in [1.165, 1.54) is 18.0 Å². The quantitative estimate of drug-likeness (QED) is 0.433. The van der Waals surface area contributed by atoms with Crippen molar-refractivity contribution < 1.29 is 23.9 Å². The summed E-state index contributed by atoms with van der Waals surface area (Å²) in [5.74, 6) is -1.69. The molecule has 0 radical (unpaired) electrons. The zero-order chi connectivity index (χ0) is 23.2. The lowest BCUT2D eigenvalue weighted by molar-refractivity contribution is -0.129. The Kier molecular flexibility index (Phi) is 5.77. The van der Waals surface area contributed by atoms with E-state index in [0.717, 1.165) is 52.5 Å². The highest BCUT2D eigenvalue weighted by atomic mass is 32.1. The van der Waals surface area contributed by atoms with Crippen molar-refractivity contribution in [1.29, 1.82) is 0 Å². The second kappa shape index (κ2) is 8.38. The molecule has 3 heterocycles. The molecule has 0 atom stereocenters. The third-order valence-corrected chi connectivity index (χ3v) is 7.19. The van der Waals surface area contributed by atoms with Crippen LogP contribution in [-0.2, 0) is 27.2 Å². The lowest BCUT2D eigenvalue weighted by atomic mass is 9.95. The number of imide groups is 2. The van der Waals surface area contributed by atoms with Crippen molar-refractivity contribution in [3.63, 3.8) is 0 Å². The largest absolute Gasteiger partial charge is 0.462 e. The highest BCUT2D eigenvalue weighted by Crippen LogP contribution is 2.39. The molecule has 9 heteroatoms. The van der Waals surface area contributed by atoms with Crippen LogP contribution in [0.5, 0.6) is 0 Å². The molecule has 2 aliphatic rings. The van der Waals surface area contributed by atoms with E-state index in [1.54, 1.807) is 18.3 Å². The number of nitrogens with zero attached hydrogens (tertiary/aromatic N) is 2. The van der Waals surface area contributed by atoms with Gasteiger partial charge in [-0.2, -0.15) is 0 Å². The minimum absolute atomic E-state index is 0.108. The average Bonchev–Trinajstić information content (AvgIpc) is 3.26. The highest BCUT2D eigenvalue weighted by molar-refractivity contribution is 7.15. The summed E-state index contributed by atoms with van der Waals surface area (Å²) in [6.45, 7) is 5.89. The van der Waals surface area contributed by atoms with E-state index >= 15 is 0 Å². The first-order valence-electron chi connectivity index (χ1n) is 10.6. The van der Waals surface area contributed by atoms with Gasteiger partial charge in [0.1, 0.15) is 10.6 Å². The molecule has 0 saturated carbocycles. The standard InChI is InChI=1S/C23H25N3O5S/c1-5-31-22(29)18-15-8-6-7-9-17(15)32-21(18)26-12(2)10-14(13(26)3)11-16-19(27)24-23(30)25(4)20(16)28/h10-11H,5-9H2,1-4H3,(H,24,27,30)/b16-11+. The molecule has 0 spiro atoms. The van der Waals surface area contributed by atoms with E-state index in [9.17, 15) is 19.2 Å². The summed E-state index contributed by atoms with van der Waals surface area (Å²) >= 11 is 1.60. The number of thiophene rings is 1. The zero-order valence-corrected chi connectivity index (χ0v) is 19.4. The third kappa shape index (κ3) is 3.56. The molecule has 168 valence electrons. The fraction of sp³-hybridized carbons (Fsp3) is 0.391. The Labute approximate surface area is 189 Å². The lowest BCUT2D eigenvalue weighted by Gasteiger charge is -2.22. The normalized spacial score (nSPS) is 17.6. The number of carbonyl (C=O) groups excluding carboxylic acids is 4. The first-order chi connectivity index (χ1) is 15.2. The maximum Gasteiger partial charge on any atom is 0.341 e. The van der Waals surface area contributed by atoms with Crippen LogP contribution in [0.15, 0.2) is 11.6 Å². The molecular weight excluding hydrogens is 430 g/mol. The Balaban J connectivity index is 1.84. The van der Waals surface area contributed by atoms with Crippen molar-refractivity contribution in [1.82, 2.24) is 14.8 Å². The second-order valence-corrected chi connectivity index (χ2v) is 9.04. The molecule has 2 aromatic rings. The molecular formula is C23H25N3O5S. The first kappa shape index (κ1) is 22.0. The Morgan fingerprint density at radius 2 is 1.94 bits per heavy atom. The van der Waals surface area contributed by atoms with Gasteiger partial charge in [-0.25, -0.2) is 9.59 Å². The summed E-state index contributed by atoms with van der Waals surface area (Å²) in [7, 11) is 1.32. The average molecular weight is 456 g/mol. The summed E-state index contributed by atoms with van der Waals surface area (Å²) in [6.07, 6.45) is 5.43. The molecule has 1 saturated heterocycles. The number of esters is 1. The fourth-order valence-electron chi connectivity index (χ4n) is 4.27. The Hall–Kier alpha value is -3.20. The molecule has 1 fully saturated rings. The van der Waals surface area contributed by atoms with Crippen molar-refractivity contribution in [3.8, 4) is 5.00 Å². The van der Waals surface area contributed by atoms with E-state index in [0.29, 0.717) is 17.7 Å². The maximum absolute atomic E-state index is 12.9. The van der Waals surface area contributed by atoms with E-state index in [4.69, 9.17) is 4.74 Å². The minimum Gasteiger partial charge on any atom is -0.462 e. The summed E-state index contributed by atoms with van der Waals surface area (Å²) in [5, 5.41) is 2.97. The summed E-state index contributed by atoms with van der Waals surface area (Å²) < 4.78 is 7.37. The predicted molar refractivity (Wildman–Crippen MR) is 120 cm³/mol. The van der Waals surface area contributed by atoms with Gasteiger partial charge in [0.2, 0.25) is 0 Å². The Bertz CT molecular complexity index is 1190. The lowest BCUT2D eigenvalue weighted by Crippen LogP contribution is -2.52. The van der Waals surface area contributed by atoms with Crippen LogP contribution in [-0.4, -0.2) is 46.9 Å². The van der Waals surface area contributed by atoms with Crippen molar-refractivity contribution in [2.45, 2.75) is 46.5 Å². The third-order valence-electron chi connectivity index (χ3n) is 5.91. The monoisotopic (exact) mass is 455 g/mol. The van der Waals surface area contributed by atoms with Crippen molar-refractivity contribution in [2.24, 2.45) is 0 Å². The van der Waals surface area contributed by atoms with Crippen molar-refractivity contribution >= 4 is 41.2 Å². The molecule has 4 amide bonds. The van der Waals surface area contributed by atoms with Crippen LogP contribution >= 0.6 is 11.3 Å². The van der Waals surface area contributed by atoms with Gasteiger partial charge >= 0.3 is 12.0 Å². The molecule has 0 aromatic carbocycles. The number of likely N-dealkylation sites (N-methyl/N-ethyl adjacent to an activating group) is 1. The number of hydrogen-bond donors (Lipinski definition) is 1. The molecule has 4 rings (SSSR count). The van der Waals surface area contributed by atoms with Gasteiger partial charge in [0, 0.05) is 23.3 Å². The Morgan fingerprint density at radius 1 is 1.22 bits per heavy atom. The van der Waals surface area contributed by atoms with Gasteiger partial charge < -0.3 is 9.30 Å². The van der Waals surface area contributed by atoms with E-state index in [1.807, 2.05) is 24.5 Å².